The van der Waals surface area contributed by atoms with Gasteiger partial charge >= 0.3 is 5.69 Å². The summed E-state index contributed by atoms with van der Waals surface area (Å²) < 4.78 is 28.7. The average Bonchev–Trinajstić information content (AvgIpc) is 2.93. The van der Waals surface area contributed by atoms with Crippen molar-refractivity contribution in [2.75, 3.05) is 6.54 Å². The van der Waals surface area contributed by atoms with Crippen molar-refractivity contribution in [3.63, 3.8) is 0 Å². The molecule has 7 nitrogen and oxygen atoms in total. The summed E-state index contributed by atoms with van der Waals surface area (Å²) in [6.45, 7) is 0.226. The van der Waals surface area contributed by atoms with E-state index in [0.29, 0.717) is 11.4 Å². The first kappa shape index (κ1) is 17.5. The molecule has 3 aromatic rings. The summed E-state index contributed by atoms with van der Waals surface area (Å²) in [6.07, 6.45) is 3.21. The van der Waals surface area contributed by atoms with Crippen LogP contribution >= 0.6 is 0 Å². The Morgan fingerprint density at radius 1 is 1.23 bits per heavy atom. The third-order valence-electron chi connectivity index (χ3n) is 3.75. The Balaban J connectivity index is 1.68. The molecule has 1 aromatic carbocycles. The van der Waals surface area contributed by atoms with Crippen molar-refractivity contribution in [3.8, 4) is 11.4 Å². The molecular weight excluding hydrogens is 344 g/mol. The van der Waals surface area contributed by atoms with Gasteiger partial charge in [-0.15, -0.1) is 5.10 Å². The van der Waals surface area contributed by atoms with Gasteiger partial charge in [0.25, 0.3) is 5.91 Å². The third kappa shape index (κ3) is 3.51. The highest BCUT2D eigenvalue weighted by molar-refractivity contribution is 5.94. The van der Waals surface area contributed by atoms with E-state index in [1.807, 2.05) is 0 Å². The van der Waals surface area contributed by atoms with Crippen molar-refractivity contribution in [2.24, 2.45) is 7.05 Å². The number of carbonyl (C=O) groups is 1. The molecule has 0 aliphatic rings. The Morgan fingerprint density at radius 3 is 2.73 bits per heavy atom. The maximum absolute atomic E-state index is 13.2. The van der Waals surface area contributed by atoms with Gasteiger partial charge in [-0.05, 0) is 30.3 Å². The molecule has 2 heterocycles. The number of nitrogens with zero attached hydrogens (tertiary/aromatic N) is 4. The molecule has 0 aliphatic heterocycles. The monoisotopic (exact) mass is 359 g/mol. The molecule has 1 amide bonds. The minimum absolute atomic E-state index is 0.00619. The average molecular weight is 359 g/mol. The van der Waals surface area contributed by atoms with Crippen LogP contribution in [0.15, 0.2) is 47.5 Å². The van der Waals surface area contributed by atoms with E-state index in [-0.39, 0.29) is 24.3 Å². The zero-order valence-corrected chi connectivity index (χ0v) is 13.8. The van der Waals surface area contributed by atoms with Crippen LogP contribution in [0.5, 0.6) is 0 Å². The first-order valence-electron chi connectivity index (χ1n) is 7.75. The lowest BCUT2D eigenvalue weighted by Gasteiger charge is -2.05. The number of carbonyl (C=O) groups excluding carboxylic acids is 1. The van der Waals surface area contributed by atoms with Crippen molar-refractivity contribution in [3.05, 3.63) is 70.4 Å². The van der Waals surface area contributed by atoms with E-state index in [1.54, 1.807) is 31.6 Å². The van der Waals surface area contributed by atoms with E-state index < -0.39 is 17.5 Å². The van der Waals surface area contributed by atoms with Crippen molar-refractivity contribution in [2.45, 2.75) is 6.54 Å². The van der Waals surface area contributed by atoms with Crippen LogP contribution in [-0.2, 0) is 13.6 Å². The summed E-state index contributed by atoms with van der Waals surface area (Å²) in [7, 11) is 1.59. The molecule has 0 bridgehead atoms. The van der Waals surface area contributed by atoms with Crippen LogP contribution in [0.1, 0.15) is 10.4 Å². The van der Waals surface area contributed by atoms with E-state index in [0.717, 1.165) is 12.1 Å². The zero-order valence-electron chi connectivity index (χ0n) is 13.8. The van der Waals surface area contributed by atoms with Gasteiger partial charge in [0.15, 0.2) is 17.5 Å². The maximum atomic E-state index is 13.2. The topological polar surface area (TPSA) is 81.8 Å². The van der Waals surface area contributed by atoms with Crippen LogP contribution < -0.4 is 11.0 Å². The second kappa shape index (κ2) is 7.26. The number of aromatic nitrogens is 4. The summed E-state index contributed by atoms with van der Waals surface area (Å²) in [5.41, 5.74) is 0.343. The van der Waals surface area contributed by atoms with E-state index >= 15 is 0 Å². The number of nitrogens with one attached hydrogen (secondary N) is 1. The number of amides is 1. The lowest BCUT2D eigenvalue weighted by Crippen LogP contribution is -2.31. The van der Waals surface area contributed by atoms with Gasteiger partial charge in [0.1, 0.15) is 0 Å². The van der Waals surface area contributed by atoms with Gasteiger partial charge in [0, 0.05) is 37.1 Å². The van der Waals surface area contributed by atoms with Crippen molar-refractivity contribution in [1.82, 2.24) is 24.6 Å². The van der Waals surface area contributed by atoms with Gasteiger partial charge in [-0.2, -0.15) is 0 Å². The largest absolute Gasteiger partial charge is 0.350 e. The fourth-order valence-corrected chi connectivity index (χ4v) is 2.39. The van der Waals surface area contributed by atoms with Gasteiger partial charge in [-0.3, -0.25) is 14.3 Å². The Bertz CT molecular complexity index is 998. The van der Waals surface area contributed by atoms with Crippen LogP contribution in [0.25, 0.3) is 11.4 Å². The summed E-state index contributed by atoms with van der Waals surface area (Å²) in [6, 6.07) is 6.40. The predicted octanol–water partition coefficient (Wildman–Crippen LogP) is 1.35. The van der Waals surface area contributed by atoms with Crippen LogP contribution in [-0.4, -0.2) is 31.8 Å². The number of rotatable bonds is 5. The number of halogens is 2. The SMILES string of the molecule is Cn1c(-c2cccnc2)nn(CCNC(=O)c2ccc(F)c(F)c2)c1=O. The summed E-state index contributed by atoms with van der Waals surface area (Å²) in [5, 5.41) is 6.78. The number of hydrogen-bond acceptors (Lipinski definition) is 4. The Kier molecular flexibility index (Phi) is 4.87. The molecule has 0 saturated heterocycles. The lowest BCUT2D eigenvalue weighted by molar-refractivity contribution is 0.0951. The molecule has 0 aliphatic carbocycles. The Labute approximate surface area is 146 Å². The minimum atomic E-state index is -1.10. The molecule has 0 fully saturated rings. The van der Waals surface area contributed by atoms with Gasteiger partial charge < -0.3 is 5.32 Å². The number of pyridine rings is 1. The number of hydrogen-bond donors (Lipinski definition) is 1. The number of benzene rings is 1. The molecule has 1 N–H and O–H groups in total. The van der Waals surface area contributed by atoms with Gasteiger partial charge in [0.2, 0.25) is 0 Å². The van der Waals surface area contributed by atoms with Crippen molar-refractivity contribution in [1.29, 1.82) is 0 Å². The molecule has 0 radical (unpaired) electrons. The highest BCUT2D eigenvalue weighted by atomic mass is 19.2. The smallest absolute Gasteiger partial charge is 0.345 e. The molecule has 0 spiro atoms. The summed E-state index contributed by atoms with van der Waals surface area (Å²) in [4.78, 5) is 28.2. The first-order valence-corrected chi connectivity index (χ1v) is 7.75. The predicted molar refractivity (Wildman–Crippen MR) is 89.4 cm³/mol. The van der Waals surface area contributed by atoms with Crippen LogP contribution in [0, 0.1) is 11.6 Å². The van der Waals surface area contributed by atoms with Gasteiger partial charge in [-0.25, -0.2) is 18.3 Å². The molecule has 0 atom stereocenters. The molecule has 3 rings (SSSR count). The van der Waals surface area contributed by atoms with Gasteiger partial charge in [-0.1, -0.05) is 0 Å². The highest BCUT2D eigenvalue weighted by Crippen LogP contribution is 2.12. The molecule has 2 aromatic heterocycles. The molecule has 134 valence electrons. The van der Waals surface area contributed by atoms with Gasteiger partial charge in [0.05, 0.1) is 6.54 Å². The summed E-state index contributed by atoms with van der Waals surface area (Å²) in [5.74, 6) is -2.24. The van der Waals surface area contributed by atoms with E-state index in [2.05, 4.69) is 15.4 Å². The first-order chi connectivity index (χ1) is 12.5. The second-order valence-electron chi connectivity index (χ2n) is 5.51. The Morgan fingerprint density at radius 2 is 2.04 bits per heavy atom. The quantitative estimate of drug-likeness (QED) is 0.746. The Hall–Kier alpha value is -3.36. The van der Waals surface area contributed by atoms with Crippen molar-refractivity contribution < 1.29 is 13.6 Å². The normalized spacial score (nSPS) is 10.7. The highest BCUT2D eigenvalue weighted by Gasteiger charge is 2.13. The third-order valence-corrected chi connectivity index (χ3v) is 3.75. The standard InChI is InChI=1S/C17H15F2N5O2/c1-23-15(12-3-2-6-20-10-12)22-24(17(23)26)8-7-21-16(25)11-4-5-13(18)14(19)9-11/h2-6,9-10H,7-8H2,1H3,(H,21,25). The molecule has 0 unspecified atom stereocenters. The molecule has 9 heteroatoms. The summed E-state index contributed by atoms with van der Waals surface area (Å²) >= 11 is 0. The van der Waals surface area contributed by atoms with E-state index in [1.165, 1.54) is 15.3 Å². The fourth-order valence-electron chi connectivity index (χ4n) is 2.39. The molecular formula is C17H15F2N5O2. The minimum Gasteiger partial charge on any atom is -0.350 e. The van der Waals surface area contributed by atoms with E-state index in [9.17, 15) is 18.4 Å². The lowest BCUT2D eigenvalue weighted by atomic mass is 10.2. The fraction of sp³-hybridized carbons (Fsp3) is 0.176. The molecule has 26 heavy (non-hydrogen) atoms. The van der Waals surface area contributed by atoms with Crippen LogP contribution in [0.4, 0.5) is 8.78 Å². The van der Waals surface area contributed by atoms with Crippen LogP contribution in [0.3, 0.4) is 0 Å². The van der Waals surface area contributed by atoms with Crippen LogP contribution in [0.2, 0.25) is 0 Å². The van der Waals surface area contributed by atoms with Crippen molar-refractivity contribution >= 4 is 5.91 Å². The zero-order chi connectivity index (χ0) is 18.7. The molecule has 0 saturated carbocycles. The second-order valence-corrected chi connectivity index (χ2v) is 5.51. The maximum Gasteiger partial charge on any atom is 0.345 e. The van der Waals surface area contributed by atoms with E-state index in [4.69, 9.17) is 0 Å².